The molecule has 0 bridgehead atoms. The quantitative estimate of drug-likeness (QED) is 0.00846. The van der Waals surface area contributed by atoms with Crippen molar-refractivity contribution in [3.05, 3.63) is 95.7 Å². The third-order valence-corrected chi connectivity index (χ3v) is 25.4. The maximum atomic E-state index is 16.0. The van der Waals surface area contributed by atoms with Crippen LogP contribution >= 0.6 is 21.6 Å². The van der Waals surface area contributed by atoms with Crippen LogP contribution in [0.15, 0.2) is 79.0 Å². The number of para-hydroxylation sites is 1. The van der Waals surface area contributed by atoms with Gasteiger partial charge in [0.1, 0.15) is 90.0 Å². The molecule has 50 nitrogen and oxygen atoms in total. The Balaban J connectivity index is 1.60. The van der Waals surface area contributed by atoms with Crippen LogP contribution in [0.3, 0.4) is 0 Å². The number of aromatic hydroxyl groups is 2. The Morgan fingerprint density at radius 1 is 0.429 bits per heavy atom. The van der Waals surface area contributed by atoms with E-state index in [1.807, 2.05) is 0 Å². The number of carbonyl (C=O) groups excluding carboxylic acids is 14. The number of aromatic nitrogens is 1. The van der Waals surface area contributed by atoms with Crippen molar-refractivity contribution >= 4 is 145 Å². The summed E-state index contributed by atoms with van der Waals surface area (Å²) in [6, 6.07) is -3.79. The number of nitrogens with zero attached hydrogens (tertiary/aromatic N) is 1. The molecule has 4 aromatic rings. The molecule has 45 N–H and O–H groups in total. The van der Waals surface area contributed by atoms with Crippen molar-refractivity contribution in [2.24, 2.45) is 57.3 Å². The number of carbonyl (C=O) groups is 14. The van der Waals surface area contributed by atoms with Gasteiger partial charge in [-0.05, 0) is 201 Å². The molecule has 2 aliphatic rings. The van der Waals surface area contributed by atoms with Crippen LogP contribution in [0.1, 0.15) is 152 Å². The number of fused-ring (bicyclic) bond motifs is 2. The minimum Gasteiger partial charge on any atom is -0.508 e. The molecule has 1 aromatic heterocycles. The highest BCUT2D eigenvalue weighted by atomic mass is 33.1. The van der Waals surface area contributed by atoms with Crippen molar-refractivity contribution < 1.29 is 77.3 Å². The molecule has 0 saturated carbocycles. The van der Waals surface area contributed by atoms with Crippen LogP contribution in [0.25, 0.3) is 10.9 Å². The molecule has 14 amide bonds. The van der Waals surface area contributed by atoms with Crippen molar-refractivity contribution in [2.75, 3.05) is 70.4 Å². The third-order valence-electron chi connectivity index (χ3n) is 23.0. The zero-order chi connectivity index (χ0) is 103. The first-order chi connectivity index (χ1) is 66.9. The summed E-state index contributed by atoms with van der Waals surface area (Å²) in [7, 11) is 1.60. The first-order valence-corrected chi connectivity index (χ1v) is 49.2. The molecule has 2 fully saturated rings. The number of hydrogen-bond donors (Lipinski definition) is 35. The van der Waals surface area contributed by atoms with Crippen molar-refractivity contribution in [1.82, 2.24) is 100 Å². The minimum absolute atomic E-state index is 0.00115. The van der Waals surface area contributed by atoms with Crippen LogP contribution in [-0.4, -0.2) is 288 Å². The lowest BCUT2D eigenvalue weighted by molar-refractivity contribution is -0.143. The average Bonchev–Trinajstić information content (AvgIpc) is 1.71. The van der Waals surface area contributed by atoms with E-state index in [1.165, 1.54) is 53.4 Å². The molecule has 140 heavy (non-hydrogen) atoms. The zero-order valence-corrected chi connectivity index (χ0v) is 80.1. The van der Waals surface area contributed by atoms with Gasteiger partial charge < -0.3 is 168 Å². The second kappa shape index (κ2) is 61.6. The van der Waals surface area contributed by atoms with Crippen molar-refractivity contribution in [3.63, 3.8) is 0 Å². The number of unbranched alkanes of at least 4 members (excludes halogenated alkanes) is 3. The molecule has 772 valence electrons. The van der Waals surface area contributed by atoms with E-state index in [9.17, 15) is 19.8 Å². The van der Waals surface area contributed by atoms with Crippen LogP contribution in [0.2, 0.25) is 0 Å². The number of rotatable bonds is 47. The molecular formula is C88H142N34O16S2. The fourth-order valence-corrected chi connectivity index (χ4v) is 17.7. The van der Waals surface area contributed by atoms with Gasteiger partial charge in [0.05, 0.1) is 6.04 Å². The molecule has 0 unspecified atom stereocenters. The topological polar surface area (TPSA) is 882 Å². The minimum atomic E-state index is -1.86. The number of nitrogens with one attached hydrogen (secondary N) is 23. The lowest BCUT2D eigenvalue weighted by Gasteiger charge is -2.31. The van der Waals surface area contributed by atoms with Crippen LogP contribution in [0, 0.1) is 27.0 Å². The number of guanidine groups is 5. The highest BCUT2D eigenvalue weighted by Crippen LogP contribution is 2.27. The molecule has 3 aromatic carbocycles. The highest BCUT2D eigenvalue weighted by molar-refractivity contribution is 8.76. The van der Waals surface area contributed by atoms with Crippen molar-refractivity contribution in [3.8, 4) is 11.5 Å². The molecule has 3 heterocycles. The predicted molar refractivity (Wildman–Crippen MR) is 530 cm³/mol. The number of phenols is 2. The van der Waals surface area contributed by atoms with Gasteiger partial charge in [0, 0.05) is 87.1 Å². The first kappa shape index (κ1) is 115. The fourth-order valence-electron chi connectivity index (χ4n) is 15.4. The number of phenolic OH excluding ortho intramolecular Hbond substituents is 2. The summed E-state index contributed by atoms with van der Waals surface area (Å²) in [6.45, 7) is 0.514. The van der Waals surface area contributed by atoms with E-state index in [2.05, 4.69) is 95.4 Å². The summed E-state index contributed by atoms with van der Waals surface area (Å²) in [6.07, 6.45) is 1.71. The van der Waals surface area contributed by atoms with Gasteiger partial charge >= 0.3 is 0 Å². The predicted octanol–water partition coefficient (Wildman–Crippen LogP) is -6.67. The fraction of sp³-hybridized carbons (Fsp3) is 0.557. The average molecular weight is 2000 g/mol. The van der Waals surface area contributed by atoms with Crippen molar-refractivity contribution in [2.45, 2.75) is 239 Å². The van der Waals surface area contributed by atoms with E-state index in [-0.39, 0.29) is 211 Å². The number of hydrogen-bond acceptors (Lipinski definition) is 27. The van der Waals surface area contributed by atoms with E-state index >= 15 is 57.5 Å². The van der Waals surface area contributed by atoms with Gasteiger partial charge in [-0.1, -0.05) is 64.1 Å². The molecule has 2 saturated heterocycles. The number of amides is 14. The summed E-state index contributed by atoms with van der Waals surface area (Å²) < 4.78 is 0. The summed E-state index contributed by atoms with van der Waals surface area (Å²) >= 11 is 0. The third kappa shape index (κ3) is 41.5. The first-order valence-electron chi connectivity index (χ1n) is 46.7. The second-order valence-electron chi connectivity index (χ2n) is 34.1. The molecule has 0 spiro atoms. The Labute approximate surface area is 819 Å². The molecule has 0 radical (unpaired) electrons. The molecular weight excluding hydrogens is 1850 g/mol. The Bertz CT molecular complexity index is 4810. The van der Waals surface area contributed by atoms with Gasteiger partial charge in [0.2, 0.25) is 82.7 Å². The molecule has 6 rings (SSSR count). The SMILES string of the molecule is N=C(N)NCCC[C@H](NC(=O)[C@@H]1CSSC[C@H](NC(=O)[C@H](Cc2c[nH]c3ccccc23)NC(=O)[C@H](CCCNC(=N)N)NC(=O)[C@@H](N)CCCNC(=N)N)C(=O)N[C@@H](Cc2ccc(O)cc2)C(=O)N[C@@H](CCCNC(=N)N)C(=O)N[C@@H](CCCCN)C(=O)N2CCC[C@H]2C(=O)N[C@H](CCCCN)C(=O)N[C@@H](Cc2ccc(O)cc2)C(=O)N[C@@H](CCCNC(=N)N)C(=O)N[C@@H](CCCCN)C(=O)N1)C(N)=O. The van der Waals surface area contributed by atoms with Crippen LogP contribution in [-0.2, 0) is 86.4 Å². The second-order valence-corrected chi connectivity index (χ2v) is 36.6. The summed E-state index contributed by atoms with van der Waals surface area (Å²) in [5, 5.41) is 106. The van der Waals surface area contributed by atoms with Gasteiger partial charge in [0.25, 0.3) is 0 Å². The van der Waals surface area contributed by atoms with Gasteiger partial charge in [0.15, 0.2) is 29.8 Å². The van der Waals surface area contributed by atoms with Crippen LogP contribution in [0.5, 0.6) is 11.5 Å². The summed E-state index contributed by atoms with van der Waals surface area (Å²) in [5.74, 6) is -16.9. The normalized spacial score (nSPS) is 20.5. The van der Waals surface area contributed by atoms with Gasteiger partial charge in [-0.15, -0.1) is 0 Å². The number of primary amides is 1. The Hall–Kier alpha value is -13.7. The maximum absolute atomic E-state index is 16.0. The standard InChI is InChI=1S/C88H142N34O16S2/c89-34-6-3-18-58-76(131)120-67(80(135)110-57(70(93)125)21-10-38-105-85(96)97)47-139-140-48-68(121-79(134)66(45-51-46-109-56-17-2-1-15-54(51)56)119-75(130)60(22-11-39-106-86(98)99)111-71(126)55(92)16-9-37-104-84(94)95)81(136)118-65(44-50-28-32-53(124)33-29-50)78(133)114-62(24-13-41-108-88(102)103)73(128)116-63(20-5-8-36-91)83(138)122-42-14-25-69(122)82(137)115-59(19-4-7-35-90)74(129)117-64(43-49-26-30-52(123)31-27-49)77(132)113-61(72(127)112-58)23-12-40-107-87(100)101/h1-2,15,17,26-33,46,55,57-69,109,123-124H,3-14,16,18-25,34-45,47-48,89-92H2,(H2,93,125)(H,110,135)(H,111,126)(H,112,127)(H,113,132)(H,114,133)(H,115,137)(H,116,128)(H,117,129)(H,118,136)(H,119,130)(H,120,131)(H,121,134)(H4,94,95,104)(H4,96,97,105)(H4,98,99,106)(H4,100,101,107)(H4,102,103,108)/t55-,57-,58-,59+,60-,61-,62-,63-,64-,65-,66-,67-,68-,69-/m0/s1. The summed E-state index contributed by atoms with van der Waals surface area (Å²) in [5.41, 5.74) is 60.0. The molecule has 0 aliphatic carbocycles. The Morgan fingerprint density at radius 3 is 1.31 bits per heavy atom. The lowest BCUT2D eigenvalue weighted by Crippen LogP contribution is -2.61. The number of nitrogens with two attached hydrogens (primary N) is 10. The van der Waals surface area contributed by atoms with E-state index in [0.29, 0.717) is 40.4 Å². The molecule has 52 heteroatoms. The highest BCUT2D eigenvalue weighted by Gasteiger charge is 2.42. The maximum Gasteiger partial charge on any atom is 0.245 e. The van der Waals surface area contributed by atoms with E-state index in [0.717, 1.165) is 21.6 Å². The smallest absolute Gasteiger partial charge is 0.245 e. The van der Waals surface area contributed by atoms with E-state index in [1.54, 1.807) is 30.5 Å². The van der Waals surface area contributed by atoms with Gasteiger partial charge in [-0.25, -0.2) is 0 Å². The van der Waals surface area contributed by atoms with Crippen molar-refractivity contribution in [1.29, 1.82) is 27.0 Å². The monoisotopic (exact) mass is 2000 g/mol. The largest absolute Gasteiger partial charge is 0.508 e. The van der Waals surface area contributed by atoms with Crippen LogP contribution < -0.4 is 148 Å². The van der Waals surface area contributed by atoms with E-state index < -0.39 is 209 Å². The zero-order valence-electron chi connectivity index (χ0n) is 78.5. The Morgan fingerprint density at radius 2 is 0.829 bits per heavy atom. The molecule has 2 aliphatic heterocycles. The number of H-pyrrole nitrogens is 1. The van der Waals surface area contributed by atoms with E-state index in [4.69, 9.17) is 84.4 Å². The Kier molecular flexibility index (Phi) is 50.6. The van der Waals surface area contributed by atoms with Gasteiger partial charge in [-0.3, -0.25) is 94.2 Å². The van der Waals surface area contributed by atoms with Gasteiger partial charge in [-0.2, -0.15) is 0 Å². The number of aromatic amines is 1. The lowest BCUT2D eigenvalue weighted by atomic mass is 10.0. The van der Waals surface area contributed by atoms with Crippen LogP contribution in [0.4, 0.5) is 0 Å². The molecule has 14 atom stereocenters. The number of benzene rings is 3. The summed E-state index contributed by atoms with van der Waals surface area (Å²) in [4.78, 5) is 217.